The first-order valence-electron chi connectivity index (χ1n) is 7.18. The van der Waals surface area contributed by atoms with Gasteiger partial charge < -0.3 is 15.1 Å². The normalized spacial score (nSPS) is 40.1. The first-order chi connectivity index (χ1) is 8.06. The van der Waals surface area contributed by atoms with Crippen LogP contribution in [0.1, 0.15) is 26.7 Å². The Balaban J connectivity index is 1.80. The van der Waals surface area contributed by atoms with Gasteiger partial charge in [0.25, 0.3) is 0 Å². The van der Waals surface area contributed by atoms with Gasteiger partial charge in [-0.2, -0.15) is 0 Å². The number of likely N-dealkylation sites (tertiary alicyclic amines) is 1. The van der Waals surface area contributed by atoms with Gasteiger partial charge in [-0.1, -0.05) is 6.92 Å². The minimum Gasteiger partial charge on any atom is -0.314 e. The summed E-state index contributed by atoms with van der Waals surface area (Å²) in [5, 5.41) is 3.55. The van der Waals surface area contributed by atoms with Crippen molar-refractivity contribution < 1.29 is 0 Å². The summed E-state index contributed by atoms with van der Waals surface area (Å²) in [7, 11) is 4.44. The molecule has 2 fully saturated rings. The number of hydrogen-bond donors (Lipinski definition) is 1. The molecule has 3 nitrogen and oxygen atoms in total. The monoisotopic (exact) mass is 239 g/mol. The fraction of sp³-hybridized carbons (Fsp3) is 1.00. The summed E-state index contributed by atoms with van der Waals surface area (Å²) in [4.78, 5) is 5.09. The molecule has 2 aliphatic heterocycles. The van der Waals surface area contributed by atoms with E-state index in [1.807, 2.05) is 0 Å². The highest BCUT2D eigenvalue weighted by molar-refractivity contribution is 4.88. The van der Waals surface area contributed by atoms with Crippen molar-refractivity contribution in [1.29, 1.82) is 0 Å². The highest BCUT2D eigenvalue weighted by Gasteiger charge is 2.32. The number of piperidine rings is 1. The predicted octanol–water partition coefficient (Wildman–Crippen LogP) is 1.26. The highest BCUT2D eigenvalue weighted by Crippen LogP contribution is 2.24. The Morgan fingerprint density at radius 3 is 2.59 bits per heavy atom. The number of hydrogen-bond acceptors (Lipinski definition) is 3. The maximum absolute atomic E-state index is 3.55. The first-order valence-corrected chi connectivity index (χ1v) is 7.18. The summed E-state index contributed by atoms with van der Waals surface area (Å²) < 4.78 is 0. The zero-order valence-electron chi connectivity index (χ0n) is 11.9. The average molecular weight is 239 g/mol. The molecule has 0 amide bonds. The SMILES string of the molecule is CC1CC(CN2CC(C)C(N(C)C)C2)CCN1. The van der Waals surface area contributed by atoms with Gasteiger partial charge in [0.1, 0.15) is 0 Å². The van der Waals surface area contributed by atoms with Crippen LogP contribution in [0.4, 0.5) is 0 Å². The molecule has 4 unspecified atom stereocenters. The zero-order valence-corrected chi connectivity index (χ0v) is 11.9. The molecular weight excluding hydrogens is 210 g/mol. The summed E-state index contributed by atoms with van der Waals surface area (Å²) in [5.41, 5.74) is 0. The number of nitrogens with one attached hydrogen (secondary N) is 1. The minimum absolute atomic E-state index is 0.721. The van der Waals surface area contributed by atoms with Crippen LogP contribution in [-0.4, -0.2) is 62.2 Å². The molecule has 0 bridgehead atoms. The predicted molar refractivity (Wildman–Crippen MR) is 73.3 cm³/mol. The molecule has 0 spiro atoms. The van der Waals surface area contributed by atoms with Crippen LogP contribution >= 0.6 is 0 Å². The van der Waals surface area contributed by atoms with Crippen molar-refractivity contribution in [2.75, 3.05) is 40.3 Å². The molecule has 0 aromatic carbocycles. The number of rotatable bonds is 3. The average Bonchev–Trinajstić information content (AvgIpc) is 2.59. The van der Waals surface area contributed by atoms with Gasteiger partial charge in [0.15, 0.2) is 0 Å². The van der Waals surface area contributed by atoms with Gasteiger partial charge in [0, 0.05) is 31.7 Å². The van der Waals surface area contributed by atoms with Crippen LogP contribution in [0.3, 0.4) is 0 Å². The van der Waals surface area contributed by atoms with Crippen molar-refractivity contribution in [3.05, 3.63) is 0 Å². The van der Waals surface area contributed by atoms with E-state index in [4.69, 9.17) is 0 Å². The molecule has 0 aromatic rings. The third-order valence-electron chi connectivity index (χ3n) is 4.56. The van der Waals surface area contributed by atoms with Crippen molar-refractivity contribution in [1.82, 2.24) is 15.1 Å². The van der Waals surface area contributed by atoms with Crippen LogP contribution in [0.15, 0.2) is 0 Å². The van der Waals surface area contributed by atoms with Crippen molar-refractivity contribution >= 4 is 0 Å². The number of nitrogens with zero attached hydrogens (tertiary/aromatic N) is 2. The van der Waals surface area contributed by atoms with Crippen molar-refractivity contribution in [3.8, 4) is 0 Å². The summed E-state index contributed by atoms with van der Waals surface area (Å²) in [6.07, 6.45) is 2.72. The standard InChI is InChI=1S/C14H29N3/c1-11-8-17(10-14(11)16(3)4)9-13-5-6-15-12(2)7-13/h11-15H,5-10H2,1-4H3. The zero-order chi connectivity index (χ0) is 12.4. The Morgan fingerprint density at radius 1 is 1.24 bits per heavy atom. The highest BCUT2D eigenvalue weighted by atomic mass is 15.2. The molecule has 0 aromatic heterocycles. The van der Waals surface area contributed by atoms with Crippen LogP contribution in [0.25, 0.3) is 0 Å². The van der Waals surface area contributed by atoms with E-state index >= 15 is 0 Å². The lowest BCUT2D eigenvalue weighted by atomic mass is 9.93. The Morgan fingerprint density at radius 2 is 2.00 bits per heavy atom. The van der Waals surface area contributed by atoms with Gasteiger partial charge >= 0.3 is 0 Å². The van der Waals surface area contributed by atoms with Gasteiger partial charge in [0.05, 0.1) is 0 Å². The van der Waals surface area contributed by atoms with Crippen LogP contribution < -0.4 is 5.32 Å². The van der Waals surface area contributed by atoms with Crippen molar-refractivity contribution in [2.45, 2.75) is 38.8 Å². The third-order valence-corrected chi connectivity index (χ3v) is 4.56. The van der Waals surface area contributed by atoms with Gasteiger partial charge in [-0.05, 0) is 52.2 Å². The van der Waals surface area contributed by atoms with E-state index in [0.29, 0.717) is 0 Å². The molecule has 2 rings (SSSR count). The summed E-state index contributed by atoms with van der Waals surface area (Å²) in [6, 6.07) is 1.48. The Bertz CT molecular complexity index is 242. The second-order valence-corrected chi connectivity index (χ2v) is 6.47. The molecule has 100 valence electrons. The lowest BCUT2D eigenvalue weighted by Gasteiger charge is -2.31. The number of likely N-dealkylation sites (N-methyl/N-ethyl adjacent to an activating group) is 1. The topological polar surface area (TPSA) is 18.5 Å². The van der Waals surface area contributed by atoms with E-state index in [0.717, 1.165) is 23.9 Å². The fourth-order valence-electron chi connectivity index (χ4n) is 3.64. The largest absolute Gasteiger partial charge is 0.314 e. The molecule has 2 aliphatic rings. The molecule has 4 atom stereocenters. The lowest BCUT2D eigenvalue weighted by Crippen LogP contribution is -2.41. The molecule has 0 aliphatic carbocycles. The van der Waals surface area contributed by atoms with E-state index in [1.54, 1.807) is 0 Å². The van der Waals surface area contributed by atoms with Crippen LogP contribution in [0, 0.1) is 11.8 Å². The first kappa shape index (κ1) is 13.3. The van der Waals surface area contributed by atoms with Gasteiger partial charge in [0.2, 0.25) is 0 Å². The Kier molecular flexibility index (Phi) is 4.45. The molecular formula is C14H29N3. The smallest absolute Gasteiger partial charge is 0.0254 e. The molecule has 2 saturated heterocycles. The maximum atomic E-state index is 3.55. The lowest BCUT2D eigenvalue weighted by molar-refractivity contribution is 0.205. The second kappa shape index (κ2) is 5.68. The third kappa shape index (κ3) is 3.43. The van der Waals surface area contributed by atoms with Crippen LogP contribution in [0.2, 0.25) is 0 Å². The van der Waals surface area contributed by atoms with E-state index in [-0.39, 0.29) is 0 Å². The van der Waals surface area contributed by atoms with Gasteiger partial charge in [-0.3, -0.25) is 0 Å². The van der Waals surface area contributed by atoms with E-state index in [9.17, 15) is 0 Å². The molecule has 2 heterocycles. The Labute approximate surface area is 107 Å². The van der Waals surface area contributed by atoms with Gasteiger partial charge in [-0.15, -0.1) is 0 Å². The van der Waals surface area contributed by atoms with E-state index in [1.165, 1.54) is 39.0 Å². The maximum Gasteiger partial charge on any atom is 0.0254 e. The summed E-state index contributed by atoms with van der Waals surface area (Å²) in [6.45, 7) is 9.82. The van der Waals surface area contributed by atoms with Crippen LogP contribution in [-0.2, 0) is 0 Å². The molecule has 3 heteroatoms. The van der Waals surface area contributed by atoms with Gasteiger partial charge in [-0.25, -0.2) is 0 Å². The fourth-order valence-corrected chi connectivity index (χ4v) is 3.64. The minimum atomic E-state index is 0.721. The Hall–Kier alpha value is -0.120. The second-order valence-electron chi connectivity index (χ2n) is 6.47. The van der Waals surface area contributed by atoms with Crippen LogP contribution in [0.5, 0.6) is 0 Å². The molecule has 1 N–H and O–H groups in total. The summed E-state index contributed by atoms with van der Waals surface area (Å²) in [5.74, 6) is 1.74. The summed E-state index contributed by atoms with van der Waals surface area (Å²) >= 11 is 0. The molecule has 0 radical (unpaired) electrons. The molecule has 0 saturated carbocycles. The van der Waals surface area contributed by atoms with Crippen molar-refractivity contribution in [2.24, 2.45) is 11.8 Å². The quantitative estimate of drug-likeness (QED) is 0.800. The van der Waals surface area contributed by atoms with E-state index < -0.39 is 0 Å². The molecule has 17 heavy (non-hydrogen) atoms. The van der Waals surface area contributed by atoms with E-state index in [2.05, 4.69) is 43.1 Å². The van der Waals surface area contributed by atoms with Crippen molar-refractivity contribution in [3.63, 3.8) is 0 Å².